The fourth-order valence-corrected chi connectivity index (χ4v) is 5.18. The second-order valence-corrected chi connectivity index (χ2v) is 9.89. The molecule has 4 aromatic rings. The van der Waals surface area contributed by atoms with Crippen molar-refractivity contribution < 1.29 is 35.5 Å². The summed E-state index contributed by atoms with van der Waals surface area (Å²) in [5.41, 5.74) is -2.96. The maximum Gasteiger partial charge on any atom is 0.416 e. The minimum absolute atomic E-state index is 0.00244. The van der Waals surface area contributed by atoms with Crippen LogP contribution in [0.4, 0.5) is 36.4 Å². The van der Waals surface area contributed by atoms with Crippen LogP contribution in [0, 0.1) is 5.82 Å². The van der Waals surface area contributed by atoms with Crippen LogP contribution in [0.5, 0.6) is 0 Å². The molecule has 41 heavy (non-hydrogen) atoms. The van der Waals surface area contributed by atoms with Gasteiger partial charge in [0.15, 0.2) is 0 Å². The topological polar surface area (TPSA) is 45.6 Å². The maximum absolute atomic E-state index is 14.3. The standard InChI is InChI=1S/C29H22F7N3O2/c1-37-9-10-39-25-21(7-4-8-22(25)37)23(17-5-3-6-20(30)13-17)24(27(39)41)26(40)38(2)15-16-11-18(28(31,32)33)14-19(12-16)29(34,35)36/h3-8,11-14H,9-10,15H2,1-2H3. The summed E-state index contributed by atoms with van der Waals surface area (Å²) < 4.78 is 96.1. The monoisotopic (exact) mass is 577 g/mol. The molecule has 0 bridgehead atoms. The number of anilines is 1. The number of carbonyl (C=O) groups excluding carboxylic acids is 1. The molecule has 3 aromatic carbocycles. The Labute approximate surface area is 229 Å². The number of amides is 1. The predicted molar refractivity (Wildman–Crippen MR) is 139 cm³/mol. The molecule has 0 fully saturated rings. The van der Waals surface area contributed by atoms with Gasteiger partial charge in [-0.05, 0) is 47.5 Å². The van der Waals surface area contributed by atoms with Gasteiger partial charge in [0, 0.05) is 44.7 Å². The van der Waals surface area contributed by atoms with E-state index in [0.717, 1.165) is 11.0 Å². The second-order valence-electron chi connectivity index (χ2n) is 9.89. The van der Waals surface area contributed by atoms with E-state index in [4.69, 9.17) is 0 Å². The lowest BCUT2D eigenvalue weighted by Gasteiger charge is -2.30. The molecule has 1 aliphatic heterocycles. The van der Waals surface area contributed by atoms with Crippen molar-refractivity contribution in [2.45, 2.75) is 25.4 Å². The number of pyridine rings is 1. The van der Waals surface area contributed by atoms with Crippen molar-refractivity contribution in [2.75, 3.05) is 25.5 Å². The highest BCUT2D eigenvalue weighted by Gasteiger charge is 2.37. The van der Waals surface area contributed by atoms with Crippen molar-refractivity contribution in [1.82, 2.24) is 9.47 Å². The maximum atomic E-state index is 14.3. The number of carbonyl (C=O) groups is 1. The second kappa shape index (κ2) is 9.93. The molecule has 0 N–H and O–H groups in total. The van der Waals surface area contributed by atoms with Gasteiger partial charge in [0.25, 0.3) is 11.5 Å². The van der Waals surface area contributed by atoms with Crippen molar-refractivity contribution in [3.63, 3.8) is 0 Å². The van der Waals surface area contributed by atoms with Crippen LogP contribution in [-0.2, 0) is 25.4 Å². The van der Waals surface area contributed by atoms with Gasteiger partial charge >= 0.3 is 12.4 Å². The molecule has 0 radical (unpaired) electrons. The summed E-state index contributed by atoms with van der Waals surface area (Å²) in [6.07, 6.45) is -10.1. The average molecular weight is 578 g/mol. The zero-order valence-electron chi connectivity index (χ0n) is 21.7. The van der Waals surface area contributed by atoms with Crippen LogP contribution in [0.25, 0.3) is 22.0 Å². The molecule has 5 nitrogen and oxygen atoms in total. The molecule has 1 aromatic heterocycles. The smallest absolute Gasteiger partial charge is 0.371 e. The van der Waals surface area contributed by atoms with Crippen LogP contribution in [0.2, 0.25) is 0 Å². The fraction of sp³-hybridized carbons (Fsp3) is 0.241. The highest BCUT2D eigenvalue weighted by atomic mass is 19.4. The third kappa shape index (κ3) is 5.14. The van der Waals surface area contributed by atoms with Crippen molar-refractivity contribution in [3.05, 3.63) is 99.1 Å². The summed E-state index contributed by atoms with van der Waals surface area (Å²) in [5, 5.41) is 0.467. The van der Waals surface area contributed by atoms with Gasteiger partial charge in [0.05, 0.1) is 22.3 Å². The van der Waals surface area contributed by atoms with Crippen LogP contribution in [-0.4, -0.2) is 36.0 Å². The summed E-state index contributed by atoms with van der Waals surface area (Å²) >= 11 is 0. The molecule has 0 atom stereocenters. The van der Waals surface area contributed by atoms with Gasteiger partial charge < -0.3 is 14.4 Å². The molecule has 0 spiro atoms. The molecule has 214 valence electrons. The first kappa shape index (κ1) is 28.2. The molecule has 1 aliphatic rings. The van der Waals surface area contributed by atoms with Gasteiger partial charge in [-0.15, -0.1) is 0 Å². The first-order valence-corrected chi connectivity index (χ1v) is 12.4. The molecular formula is C29H22F7N3O2. The Hall–Kier alpha value is -4.35. The number of hydrogen-bond acceptors (Lipinski definition) is 3. The quantitative estimate of drug-likeness (QED) is 0.258. The summed E-state index contributed by atoms with van der Waals surface area (Å²) in [6, 6.07) is 11.5. The van der Waals surface area contributed by atoms with Crippen LogP contribution >= 0.6 is 0 Å². The number of nitrogens with zero attached hydrogens (tertiary/aromatic N) is 3. The zero-order chi connectivity index (χ0) is 29.9. The van der Waals surface area contributed by atoms with Crippen molar-refractivity contribution >= 4 is 22.5 Å². The molecule has 0 aliphatic carbocycles. The van der Waals surface area contributed by atoms with E-state index >= 15 is 0 Å². The summed E-state index contributed by atoms with van der Waals surface area (Å²) in [5.74, 6) is -1.56. The molecule has 0 saturated carbocycles. The largest absolute Gasteiger partial charge is 0.416 e. The summed E-state index contributed by atoms with van der Waals surface area (Å²) in [7, 11) is 3.01. The van der Waals surface area contributed by atoms with E-state index in [0.29, 0.717) is 35.3 Å². The Balaban J connectivity index is 1.69. The van der Waals surface area contributed by atoms with E-state index in [1.165, 1.54) is 29.8 Å². The Morgan fingerprint density at radius 2 is 1.54 bits per heavy atom. The Morgan fingerprint density at radius 1 is 0.902 bits per heavy atom. The number of aromatic nitrogens is 1. The Morgan fingerprint density at radius 3 is 2.15 bits per heavy atom. The predicted octanol–water partition coefficient (Wildman–Crippen LogP) is 6.57. The number of rotatable bonds is 4. The Bertz CT molecular complexity index is 1710. The highest BCUT2D eigenvalue weighted by molar-refractivity contribution is 6.11. The van der Waals surface area contributed by atoms with Gasteiger partial charge in [0.2, 0.25) is 0 Å². The average Bonchev–Trinajstić information content (AvgIpc) is 2.90. The van der Waals surface area contributed by atoms with E-state index in [2.05, 4.69) is 0 Å². The molecule has 5 rings (SSSR count). The highest BCUT2D eigenvalue weighted by Crippen LogP contribution is 2.38. The van der Waals surface area contributed by atoms with Crippen molar-refractivity contribution in [2.24, 2.45) is 0 Å². The number of benzene rings is 3. The van der Waals surface area contributed by atoms with Crippen LogP contribution < -0.4 is 10.5 Å². The zero-order valence-corrected chi connectivity index (χ0v) is 21.7. The fourth-order valence-electron chi connectivity index (χ4n) is 5.18. The molecule has 12 heteroatoms. The van der Waals surface area contributed by atoms with E-state index in [-0.39, 0.29) is 29.3 Å². The van der Waals surface area contributed by atoms with E-state index in [1.54, 1.807) is 18.2 Å². The normalized spacial score (nSPS) is 13.5. The number of likely N-dealkylation sites (N-methyl/N-ethyl adjacent to an activating group) is 1. The van der Waals surface area contributed by atoms with Gasteiger partial charge in [-0.1, -0.05) is 24.3 Å². The first-order chi connectivity index (χ1) is 19.2. The third-order valence-electron chi connectivity index (χ3n) is 7.07. The van der Waals surface area contributed by atoms with Gasteiger partial charge in [0.1, 0.15) is 11.4 Å². The SMILES string of the molecule is CN(Cc1cc(C(F)(F)F)cc(C(F)(F)F)c1)C(=O)c1c(-c2cccc(F)c2)c2cccc3c2n(c1=O)CCN3C. The van der Waals surface area contributed by atoms with E-state index in [9.17, 15) is 40.3 Å². The van der Waals surface area contributed by atoms with Gasteiger partial charge in [-0.25, -0.2) is 4.39 Å². The van der Waals surface area contributed by atoms with Gasteiger partial charge in [-0.3, -0.25) is 9.59 Å². The lowest BCUT2D eigenvalue weighted by Crippen LogP contribution is -2.39. The Kier molecular flexibility index (Phi) is 6.83. The lowest BCUT2D eigenvalue weighted by molar-refractivity contribution is -0.143. The summed E-state index contributed by atoms with van der Waals surface area (Å²) in [6.45, 7) is 0.00672. The molecule has 1 amide bonds. The minimum Gasteiger partial charge on any atom is -0.371 e. The van der Waals surface area contributed by atoms with Crippen LogP contribution in [0.15, 0.2) is 65.5 Å². The lowest BCUT2D eigenvalue weighted by atomic mass is 9.93. The van der Waals surface area contributed by atoms with Crippen molar-refractivity contribution in [3.8, 4) is 11.1 Å². The molecule has 0 saturated heterocycles. The number of para-hydroxylation sites is 1. The van der Waals surface area contributed by atoms with Crippen molar-refractivity contribution in [1.29, 1.82) is 0 Å². The van der Waals surface area contributed by atoms with E-state index < -0.39 is 52.9 Å². The molecule has 0 unspecified atom stereocenters. The molecular weight excluding hydrogens is 555 g/mol. The number of alkyl halides is 6. The van der Waals surface area contributed by atoms with Crippen LogP contribution in [0.3, 0.4) is 0 Å². The third-order valence-corrected chi connectivity index (χ3v) is 7.07. The summed E-state index contributed by atoms with van der Waals surface area (Å²) in [4.78, 5) is 30.5. The molecule has 2 heterocycles. The number of halogens is 7. The number of hydrogen-bond donors (Lipinski definition) is 0. The van der Waals surface area contributed by atoms with Crippen LogP contribution in [0.1, 0.15) is 27.0 Å². The van der Waals surface area contributed by atoms with Gasteiger partial charge in [-0.2, -0.15) is 26.3 Å². The minimum atomic E-state index is -5.06. The van der Waals surface area contributed by atoms with E-state index in [1.807, 2.05) is 11.9 Å². The first-order valence-electron chi connectivity index (χ1n) is 12.4.